The molecular weight excluding hydrogens is 296 g/mol. The number of non-ortho nitro benzene ring substituents is 1. The third-order valence-electron chi connectivity index (χ3n) is 4.65. The fourth-order valence-electron chi connectivity index (χ4n) is 3.30. The molecule has 0 saturated carbocycles. The second-order valence-corrected chi connectivity index (χ2v) is 6.07. The predicted molar refractivity (Wildman–Crippen MR) is 85.3 cm³/mol. The number of nitriles is 1. The van der Waals surface area contributed by atoms with E-state index in [0.717, 1.165) is 45.6 Å². The number of nitrogens with one attached hydrogen (secondary N) is 1. The Balaban J connectivity index is 1.60. The summed E-state index contributed by atoms with van der Waals surface area (Å²) in [5.41, 5.74) is 0.953. The summed E-state index contributed by atoms with van der Waals surface area (Å²) in [5, 5.41) is 23.4. The van der Waals surface area contributed by atoms with E-state index in [1.165, 1.54) is 12.1 Å². The second kappa shape index (κ2) is 6.94. The summed E-state index contributed by atoms with van der Waals surface area (Å²) in [6.45, 7) is 3.72. The van der Waals surface area contributed by atoms with Gasteiger partial charge in [-0.15, -0.1) is 0 Å². The van der Waals surface area contributed by atoms with Crippen LogP contribution in [0.3, 0.4) is 0 Å². The fourth-order valence-corrected chi connectivity index (χ4v) is 3.30. The molecule has 1 aromatic rings. The number of piperidine rings is 1. The molecule has 2 aliphatic heterocycles. The topological polar surface area (TPSA) is 91.4 Å². The highest BCUT2D eigenvalue weighted by Gasteiger charge is 2.27. The number of anilines is 1. The summed E-state index contributed by atoms with van der Waals surface area (Å²) >= 11 is 0. The standard InChI is InChI=1S/C16H20N4O3/c17-10-12-9-14(20(21)22)1-2-16(12)18-13-3-6-19(7-4-13)15-5-8-23-11-15/h1-2,9,13,15,18H,3-8,11H2. The molecule has 2 aliphatic rings. The molecule has 1 N–H and O–H groups in total. The molecule has 0 amide bonds. The molecule has 0 spiro atoms. The van der Waals surface area contributed by atoms with Gasteiger partial charge in [-0.05, 0) is 25.3 Å². The van der Waals surface area contributed by atoms with E-state index in [2.05, 4.69) is 10.2 Å². The molecule has 122 valence electrons. The largest absolute Gasteiger partial charge is 0.381 e. The van der Waals surface area contributed by atoms with E-state index >= 15 is 0 Å². The van der Waals surface area contributed by atoms with Crippen molar-refractivity contribution in [3.05, 3.63) is 33.9 Å². The van der Waals surface area contributed by atoms with Crippen LogP contribution in [0.15, 0.2) is 18.2 Å². The van der Waals surface area contributed by atoms with Crippen molar-refractivity contribution >= 4 is 11.4 Å². The third kappa shape index (κ3) is 3.60. The Morgan fingerprint density at radius 1 is 1.35 bits per heavy atom. The van der Waals surface area contributed by atoms with Gasteiger partial charge in [0.2, 0.25) is 0 Å². The minimum absolute atomic E-state index is 0.0526. The highest BCUT2D eigenvalue weighted by Crippen LogP contribution is 2.25. The number of likely N-dealkylation sites (tertiary alicyclic amines) is 1. The SMILES string of the molecule is N#Cc1cc([N+](=O)[O-])ccc1NC1CCN(C2CCOC2)CC1. The average molecular weight is 316 g/mol. The smallest absolute Gasteiger partial charge is 0.270 e. The number of ether oxygens (including phenoxy) is 1. The van der Waals surface area contributed by atoms with Crippen LogP contribution in [0.1, 0.15) is 24.8 Å². The Hall–Kier alpha value is -2.17. The van der Waals surface area contributed by atoms with Gasteiger partial charge in [-0.1, -0.05) is 0 Å². The highest BCUT2D eigenvalue weighted by molar-refractivity contribution is 5.61. The fraction of sp³-hybridized carbons (Fsp3) is 0.562. The van der Waals surface area contributed by atoms with Crippen LogP contribution in [-0.4, -0.2) is 48.2 Å². The zero-order valence-electron chi connectivity index (χ0n) is 12.9. The lowest BCUT2D eigenvalue weighted by molar-refractivity contribution is -0.384. The lowest BCUT2D eigenvalue weighted by atomic mass is 10.0. The van der Waals surface area contributed by atoms with Crippen LogP contribution in [0.25, 0.3) is 0 Å². The van der Waals surface area contributed by atoms with Gasteiger partial charge in [0.15, 0.2) is 0 Å². The predicted octanol–water partition coefficient (Wildman–Crippen LogP) is 2.13. The number of nitro benzene ring substituents is 1. The Morgan fingerprint density at radius 3 is 2.74 bits per heavy atom. The van der Waals surface area contributed by atoms with Gasteiger partial charge in [-0.25, -0.2) is 0 Å². The first-order valence-electron chi connectivity index (χ1n) is 7.94. The molecule has 0 radical (unpaired) electrons. The summed E-state index contributed by atoms with van der Waals surface area (Å²) in [6, 6.07) is 7.28. The summed E-state index contributed by atoms with van der Waals surface area (Å²) < 4.78 is 5.45. The first-order chi connectivity index (χ1) is 11.2. The maximum Gasteiger partial charge on any atom is 0.270 e. The van der Waals surface area contributed by atoms with Gasteiger partial charge < -0.3 is 10.1 Å². The number of benzene rings is 1. The monoisotopic (exact) mass is 316 g/mol. The molecule has 2 saturated heterocycles. The van der Waals surface area contributed by atoms with Crippen molar-refractivity contribution in [2.45, 2.75) is 31.3 Å². The Bertz CT molecular complexity index is 614. The molecule has 1 atom stereocenters. The van der Waals surface area contributed by atoms with Crippen molar-refractivity contribution in [3.63, 3.8) is 0 Å². The second-order valence-electron chi connectivity index (χ2n) is 6.07. The van der Waals surface area contributed by atoms with Crippen LogP contribution in [0.5, 0.6) is 0 Å². The van der Waals surface area contributed by atoms with Gasteiger partial charge in [0.1, 0.15) is 6.07 Å². The lowest BCUT2D eigenvalue weighted by Gasteiger charge is -2.36. The Morgan fingerprint density at radius 2 is 2.13 bits per heavy atom. The van der Waals surface area contributed by atoms with Gasteiger partial charge in [0.05, 0.1) is 22.8 Å². The van der Waals surface area contributed by atoms with E-state index in [1.807, 2.05) is 6.07 Å². The minimum atomic E-state index is -0.479. The normalized spacial score (nSPS) is 22.7. The van der Waals surface area contributed by atoms with E-state index in [0.29, 0.717) is 23.3 Å². The molecule has 7 nitrogen and oxygen atoms in total. The number of hydrogen-bond acceptors (Lipinski definition) is 6. The molecule has 0 bridgehead atoms. The van der Waals surface area contributed by atoms with Gasteiger partial charge >= 0.3 is 0 Å². The van der Waals surface area contributed by atoms with Crippen molar-refractivity contribution < 1.29 is 9.66 Å². The van der Waals surface area contributed by atoms with E-state index in [-0.39, 0.29) is 5.69 Å². The number of nitrogens with zero attached hydrogens (tertiary/aromatic N) is 3. The zero-order valence-corrected chi connectivity index (χ0v) is 12.9. The molecule has 1 unspecified atom stereocenters. The first-order valence-corrected chi connectivity index (χ1v) is 7.94. The quantitative estimate of drug-likeness (QED) is 0.676. The molecule has 2 fully saturated rings. The van der Waals surface area contributed by atoms with Crippen molar-refractivity contribution in [2.24, 2.45) is 0 Å². The van der Waals surface area contributed by atoms with E-state index in [9.17, 15) is 15.4 Å². The molecule has 0 aliphatic carbocycles. The molecule has 2 heterocycles. The summed E-state index contributed by atoms with van der Waals surface area (Å²) in [4.78, 5) is 12.8. The van der Waals surface area contributed by atoms with Crippen molar-refractivity contribution in [2.75, 3.05) is 31.6 Å². The summed E-state index contributed by atoms with van der Waals surface area (Å²) in [7, 11) is 0. The maximum atomic E-state index is 10.8. The van der Waals surface area contributed by atoms with Crippen LogP contribution < -0.4 is 5.32 Å². The Labute approximate surface area is 135 Å². The Kier molecular flexibility index (Phi) is 4.74. The van der Waals surface area contributed by atoms with Crippen molar-refractivity contribution in [1.82, 2.24) is 4.90 Å². The first kappa shape index (κ1) is 15.7. The van der Waals surface area contributed by atoms with Crippen LogP contribution in [-0.2, 0) is 4.74 Å². The van der Waals surface area contributed by atoms with Gasteiger partial charge in [0, 0.05) is 43.9 Å². The molecular formula is C16H20N4O3. The highest BCUT2D eigenvalue weighted by atomic mass is 16.6. The average Bonchev–Trinajstić information content (AvgIpc) is 3.10. The number of nitro groups is 1. The van der Waals surface area contributed by atoms with E-state index < -0.39 is 4.92 Å². The number of rotatable bonds is 4. The third-order valence-corrected chi connectivity index (χ3v) is 4.65. The minimum Gasteiger partial charge on any atom is -0.381 e. The molecule has 23 heavy (non-hydrogen) atoms. The van der Waals surface area contributed by atoms with Crippen molar-refractivity contribution in [1.29, 1.82) is 5.26 Å². The molecule has 1 aromatic carbocycles. The zero-order chi connectivity index (χ0) is 16.2. The van der Waals surface area contributed by atoms with Crippen LogP contribution in [0.4, 0.5) is 11.4 Å². The van der Waals surface area contributed by atoms with E-state index in [4.69, 9.17) is 4.74 Å². The molecule has 0 aromatic heterocycles. The lowest BCUT2D eigenvalue weighted by Crippen LogP contribution is -2.44. The molecule has 7 heteroatoms. The van der Waals surface area contributed by atoms with Crippen LogP contribution in [0.2, 0.25) is 0 Å². The van der Waals surface area contributed by atoms with Gasteiger partial charge in [0.25, 0.3) is 5.69 Å². The molecule has 3 rings (SSSR count). The summed E-state index contributed by atoms with van der Waals surface area (Å²) in [6.07, 6.45) is 3.11. The van der Waals surface area contributed by atoms with Gasteiger partial charge in [-0.3, -0.25) is 15.0 Å². The van der Waals surface area contributed by atoms with Gasteiger partial charge in [-0.2, -0.15) is 5.26 Å². The van der Waals surface area contributed by atoms with Crippen molar-refractivity contribution in [3.8, 4) is 6.07 Å². The van der Waals surface area contributed by atoms with Crippen LogP contribution >= 0.6 is 0 Å². The number of hydrogen-bond donors (Lipinski definition) is 1. The summed E-state index contributed by atoms with van der Waals surface area (Å²) in [5.74, 6) is 0. The van der Waals surface area contributed by atoms with E-state index in [1.54, 1.807) is 6.07 Å². The maximum absolute atomic E-state index is 10.8. The van der Waals surface area contributed by atoms with Crippen LogP contribution in [0, 0.1) is 21.4 Å².